The van der Waals surface area contributed by atoms with Gasteiger partial charge in [-0.25, -0.2) is 0 Å². The quantitative estimate of drug-likeness (QED) is 0.824. The van der Waals surface area contributed by atoms with Crippen LogP contribution in [0.1, 0.15) is 30.3 Å². The number of carbonyl (C=O) groups is 1. The van der Waals surface area contributed by atoms with Gasteiger partial charge in [-0.3, -0.25) is 4.79 Å². The smallest absolute Gasteiger partial charge is 0.220 e. The summed E-state index contributed by atoms with van der Waals surface area (Å²) in [5.41, 5.74) is 0. The third-order valence-corrected chi connectivity index (χ3v) is 2.44. The standard InChI is InChI=1S/C9H15N3OS/c1-6(2)4-8(13)10-5-9-12-11-7(3)14-9/h6H,4-5H2,1-3H3,(H,10,13). The Balaban J connectivity index is 2.30. The van der Waals surface area contributed by atoms with Gasteiger partial charge in [-0.15, -0.1) is 10.2 Å². The molecular weight excluding hydrogens is 198 g/mol. The van der Waals surface area contributed by atoms with E-state index in [9.17, 15) is 4.79 Å². The van der Waals surface area contributed by atoms with Crippen molar-refractivity contribution in [1.29, 1.82) is 0 Å². The number of hydrogen-bond acceptors (Lipinski definition) is 4. The Morgan fingerprint density at radius 3 is 2.71 bits per heavy atom. The second-order valence-electron chi connectivity index (χ2n) is 3.59. The van der Waals surface area contributed by atoms with Crippen molar-refractivity contribution in [1.82, 2.24) is 15.5 Å². The van der Waals surface area contributed by atoms with Crippen LogP contribution in [0.25, 0.3) is 0 Å². The summed E-state index contributed by atoms with van der Waals surface area (Å²) in [5.74, 6) is 0.471. The molecular formula is C9H15N3OS. The third kappa shape index (κ3) is 3.83. The van der Waals surface area contributed by atoms with E-state index in [0.717, 1.165) is 10.0 Å². The highest BCUT2D eigenvalue weighted by Gasteiger charge is 2.06. The Morgan fingerprint density at radius 2 is 2.21 bits per heavy atom. The molecule has 1 rings (SSSR count). The molecule has 14 heavy (non-hydrogen) atoms. The summed E-state index contributed by atoms with van der Waals surface area (Å²) in [6.45, 7) is 6.44. The largest absolute Gasteiger partial charge is 0.350 e. The maximum absolute atomic E-state index is 11.3. The van der Waals surface area contributed by atoms with Crippen molar-refractivity contribution >= 4 is 17.2 Å². The SMILES string of the molecule is Cc1nnc(CNC(=O)CC(C)C)s1. The zero-order valence-corrected chi connectivity index (χ0v) is 9.52. The van der Waals surface area contributed by atoms with E-state index in [2.05, 4.69) is 15.5 Å². The molecule has 1 aromatic heterocycles. The van der Waals surface area contributed by atoms with E-state index < -0.39 is 0 Å². The Morgan fingerprint density at radius 1 is 1.50 bits per heavy atom. The average molecular weight is 213 g/mol. The van der Waals surface area contributed by atoms with E-state index in [1.807, 2.05) is 20.8 Å². The minimum absolute atomic E-state index is 0.0767. The molecule has 0 spiro atoms. The van der Waals surface area contributed by atoms with Crippen molar-refractivity contribution in [3.05, 3.63) is 10.0 Å². The molecule has 0 bridgehead atoms. The number of aryl methyl sites for hydroxylation is 1. The van der Waals surface area contributed by atoms with Crippen molar-refractivity contribution in [3.8, 4) is 0 Å². The first kappa shape index (κ1) is 11.1. The van der Waals surface area contributed by atoms with Crippen molar-refractivity contribution in [3.63, 3.8) is 0 Å². The first-order chi connectivity index (χ1) is 6.58. The maximum Gasteiger partial charge on any atom is 0.220 e. The van der Waals surface area contributed by atoms with E-state index in [1.54, 1.807) is 0 Å². The summed E-state index contributed by atoms with van der Waals surface area (Å²) in [6.07, 6.45) is 0.567. The van der Waals surface area contributed by atoms with Crippen LogP contribution < -0.4 is 5.32 Å². The van der Waals surface area contributed by atoms with Crippen LogP contribution in [0.2, 0.25) is 0 Å². The van der Waals surface area contributed by atoms with Crippen LogP contribution in [0.5, 0.6) is 0 Å². The summed E-state index contributed by atoms with van der Waals surface area (Å²) < 4.78 is 0. The average Bonchev–Trinajstić information content (AvgIpc) is 2.47. The molecule has 0 saturated heterocycles. The lowest BCUT2D eigenvalue weighted by atomic mass is 10.1. The van der Waals surface area contributed by atoms with E-state index >= 15 is 0 Å². The number of carbonyl (C=O) groups excluding carboxylic acids is 1. The van der Waals surface area contributed by atoms with Crippen molar-refractivity contribution < 1.29 is 4.79 Å². The summed E-state index contributed by atoms with van der Waals surface area (Å²) >= 11 is 1.51. The van der Waals surface area contributed by atoms with Crippen LogP contribution in [-0.2, 0) is 11.3 Å². The number of nitrogens with zero attached hydrogens (tertiary/aromatic N) is 2. The number of nitrogens with one attached hydrogen (secondary N) is 1. The fourth-order valence-electron chi connectivity index (χ4n) is 1.03. The fraction of sp³-hybridized carbons (Fsp3) is 0.667. The number of rotatable bonds is 4. The molecule has 0 aromatic carbocycles. The third-order valence-electron chi connectivity index (χ3n) is 1.60. The Kier molecular flexibility index (Phi) is 4.00. The van der Waals surface area contributed by atoms with Gasteiger partial charge in [0.05, 0.1) is 6.54 Å². The number of aromatic nitrogens is 2. The molecule has 5 heteroatoms. The summed E-state index contributed by atoms with van der Waals surface area (Å²) in [6, 6.07) is 0. The molecule has 1 N–H and O–H groups in total. The Bertz CT molecular complexity index is 309. The summed E-state index contributed by atoms with van der Waals surface area (Å²) in [7, 11) is 0. The van der Waals surface area contributed by atoms with Gasteiger partial charge in [0.2, 0.25) is 5.91 Å². The van der Waals surface area contributed by atoms with Crippen LogP contribution >= 0.6 is 11.3 Å². The topological polar surface area (TPSA) is 54.9 Å². The fourth-order valence-corrected chi connectivity index (χ4v) is 1.67. The number of amides is 1. The Hall–Kier alpha value is -0.970. The zero-order valence-electron chi connectivity index (χ0n) is 8.70. The Labute approximate surface area is 87.7 Å². The van der Waals surface area contributed by atoms with Gasteiger partial charge in [0, 0.05) is 6.42 Å². The highest BCUT2D eigenvalue weighted by molar-refractivity contribution is 7.11. The number of hydrogen-bond donors (Lipinski definition) is 1. The van der Waals surface area contributed by atoms with Crippen LogP contribution in [0.3, 0.4) is 0 Å². The molecule has 0 saturated carbocycles. The van der Waals surface area contributed by atoms with Crippen LogP contribution in [-0.4, -0.2) is 16.1 Å². The molecule has 0 unspecified atom stereocenters. The zero-order chi connectivity index (χ0) is 10.6. The van der Waals surface area contributed by atoms with Crippen molar-refractivity contribution in [2.45, 2.75) is 33.7 Å². The molecule has 1 amide bonds. The molecule has 0 aliphatic carbocycles. The van der Waals surface area contributed by atoms with Gasteiger partial charge in [-0.2, -0.15) is 0 Å². The lowest BCUT2D eigenvalue weighted by Gasteiger charge is -2.04. The first-order valence-electron chi connectivity index (χ1n) is 4.63. The van der Waals surface area contributed by atoms with Gasteiger partial charge in [-0.05, 0) is 12.8 Å². The lowest BCUT2D eigenvalue weighted by Crippen LogP contribution is -2.23. The van der Waals surface area contributed by atoms with Crippen LogP contribution in [0, 0.1) is 12.8 Å². The van der Waals surface area contributed by atoms with Crippen LogP contribution in [0.15, 0.2) is 0 Å². The molecule has 0 radical (unpaired) electrons. The highest BCUT2D eigenvalue weighted by Crippen LogP contribution is 2.07. The van der Waals surface area contributed by atoms with E-state index in [0.29, 0.717) is 18.9 Å². The first-order valence-corrected chi connectivity index (χ1v) is 5.45. The van der Waals surface area contributed by atoms with Crippen molar-refractivity contribution in [2.24, 2.45) is 5.92 Å². The predicted molar refractivity (Wildman–Crippen MR) is 55.9 cm³/mol. The molecule has 1 aromatic rings. The minimum atomic E-state index is 0.0767. The van der Waals surface area contributed by atoms with Gasteiger partial charge in [0.25, 0.3) is 0 Å². The second kappa shape index (κ2) is 5.05. The summed E-state index contributed by atoms with van der Waals surface area (Å²) in [4.78, 5) is 11.3. The van der Waals surface area contributed by atoms with E-state index in [1.165, 1.54) is 11.3 Å². The lowest BCUT2D eigenvalue weighted by molar-refractivity contribution is -0.121. The van der Waals surface area contributed by atoms with Crippen LogP contribution in [0.4, 0.5) is 0 Å². The van der Waals surface area contributed by atoms with Gasteiger partial charge in [-0.1, -0.05) is 25.2 Å². The van der Waals surface area contributed by atoms with E-state index in [4.69, 9.17) is 0 Å². The monoisotopic (exact) mass is 213 g/mol. The predicted octanol–water partition coefficient (Wildman–Crippen LogP) is 1.51. The molecule has 0 fully saturated rings. The maximum atomic E-state index is 11.3. The van der Waals surface area contributed by atoms with Gasteiger partial charge >= 0.3 is 0 Å². The molecule has 1 heterocycles. The van der Waals surface area contributed by atoms with Gasteiger partial charge in [0.15, 0.2) is 0 Å². The summed E-state index contributed by atoms with van der Waals surface area (Å²) in [5, 5.41) is 12.4. The molecule has 78 valence electrons. The van der Waals surface area contributed by atoms with Crippen molar-refractivity contribution in [2.75, 3.05) is 0 Å². The van der Waals surface area contributed by atoms with Gasteiger partial charge < -0.3 is 5.32 Å². The minimum Gasteiger partial charge on any atom is -0.350 e. The van der Waals surface area contributed by atoms with Gasteiger partial charge in [0.1, 0.15) is 10.0 Å². The molecule has 0 atom stereocenters. The van der Waals surface area contributed by atoms with E-state index in [-0.39, 0.29) is 5.91 Å². The normalized spacial score (nSPS) is 10.6. The highest BCUT2D eigenvalue weighted by atomic mass is 32.1. The second-order valence-corrected chi connectivity index (χ2v) is 4.86. The molecule has 0 aliphatic heterocycles. The molecule has 0 aliphatic rings. The molecule has 4 nitrogen and oxygen atoms in total.